The molecule has 2 rings (SSSR count). The maximum Gasteiger partial charge on any atom is 0.243 e. The van der Waals surface area contributed by atoms with E-state index in [2.05, 4.69) is 0 Å². The Morgan fingerprint density at radius 1 is 1.50 bits per heavy atom. The van der Waals surface area contributed by atoms with Gasteiger partial charge < -0.3 is 10.8 Å². The van der Waals surface area contributed by atoms with Crippen LogP contribution in [0, 0.1) is 12.7 Å². The molecule has 0 aromatic heterocycles. The summed E-state index contributed by atoms with van der Waals surface area (Å²) in [7, 11) is -3.71. The largest absolute Gasteiger partial charge is 0.396 e. The summed E-state index contributed by atoms with van der Waals surface area (Å²) < 4.78 is 39.0. The lowest BCUT2D eigenvalue weighted by atomic mass is 10.2. The van der Waals surface area contributed by atoms with Gasteiger partial charge in [0.15, 0.2) is 0 Å². The van der Waals surface area contributed by atoms with E-state index in [0.717, 1.165) is 6.07 Å². The number of hydrogen-bond acceptors (Lipinski definition) is 4. The Morgan fingerprint density at radius 3 is 2.67 bits per heavy atom. The van der Waals surface area contributed by atoms with Crippen LogP contribution in [0.5, 0.6) is 0 Å². The molecule has 18 heavy (non-hydrogen) atoms. The summed E-state index contributed by atoms with van der Waals surface area (Å²) in [6.07, 6.45) is -0.229. The molecular weight excluding hydrogens is 259 g/mol. The van der Waals surface area contributed by atoms with E-state index < -0.39 is 21.9 Å². The van der Waals surface area contributed by atoms with Gasteiger partial charge in [0, 0.05) is 13.1 Å². The van der Waals surface area contributed by atoms with Gasteiger partial charge in [-0.1, -0.05) is 0 Å². The number of aryl methyl sites for hydroxylation is 1. The fraction of sp³-hybridized carbons (Fsp3) is 0.455. The molecule has 0 amide bonds. The number of nitrogens with zero attached hydrogens (tertiary/aromatic N) is 1. The van der Waals surface area contributed by atoms with Gasteiger partial charge in [-0.15, -0.1) is 0 Å². The van der Waals surface area contributed by atoms with Crippen LogP contribution in [0.4, 0.5) is 10.1 Å². The third kappa shape index (κ3) is 2.21. The van der Waals surface area contributed by atoms with Gasteiger partial charge in [-0.2, -0.15) is 4.31 Å². The first-order valence-corrected chi connectivity index (χ1v) is 7.00. The highest BCUT2D eigenvalue weighted by Crippen LogP contribution is 2.25. The first kappa shape index (κ1) is 13.3. The van der Waals surface area contributed by atoms with Crippen LogP contribution in [0.2, 0.25) is 0 Å². The van der Waals surface area contributed by atoms with Crippen molar-refractivity contribution < 1.29 is 17.9 Å². The van der Waals surface area contributed by atoms with Crippen LogP contribution in [0.25, 0.3) is 0 Å². The van der Waals surface area contributed by atoms with Gasteiger partial charge in [-0.05, 0) is 31.0 Å². The fourth-order valence-electron chi connectivity index (χ4n) is 1.99. The number of β-amino-alcohol motifs (C(OH)–C–C–N with tert-alkyl or cyclic N) is 1. The summed E-state index contributed by atoms with van der Waals surface area (Å²) in [5, 5.41) is 9.37. The highest BCUT2D eigenvalue weighted by Gasteiger charge is 2.32. The SMILES string of the molecule is Cc1cc(S(=O)(=O)N2CC[C@H](O)C2)cc(N)c1F. The van der Waals surface area contributed by atoms with Crippen molar-refractivity contribution in [3.8, 4) is 0 Å². The Morgan fingerprint density at radius 2 is 2.17 bits per heavy atom. The number of anilines is 1. The molecule has 7 heteroatoms. The number of benzene rings is 1. The van der Waals surface area contributed by atoms with Crippen LogP contribution in [0.1, 0.15) is 12.0 Å². The topological polar surface area (TPSA) is 83.6 Å². The molecule has 1 aromatic rings. The Labute approximate surface area is 105 Å². The molecule has 1 atom stereocenters. The Balaban J connectivity index is 2.42. The summed E-state index contributed by atoms with van der Waals surface area (Å²) in [5.41, 5.74) is 5.44. The van der Waals surface area contributed by atoms with Crippen LogP contribution in [-0.4, -0.2) is 37.0 Å². The molecule has 1 aromatic carbocycles. The highest BCUT2D eigenvalue weighted by molar-refractivity contribution is 7.89. The minimum atomic E-state index is -3.71. The zero-order valence-electron chi connectivity index (χ0n) is 9.93. The zero-order valence-corrected chi connectivity index (χ0v) is 10.7. The number of rotatable bonds is 2. The van der Waals surface area contributed by atoms with Gasteiger partial charge in [-0.3, -0.25) is 0 Å². The summed E-state index contributed by atoms with van der Waals surface area (Å²) in [6.45, 7) is 1.79. The molecule has 1 heterocycles. The smallest absolute Gasteiger partial charge is 0.243 e. The van der Waals surface area contributed by atoms with E-state index in [0.29, 0.717) is 6.42 Å². The molecule has 1 aliphatic heterocycles. The van der Waals surface area contributed by atoms with E-state index in [4.69, 9.17) is 5.73 Å². The predicted molar refractivity (Wildman–Crippen MR) is 64.9 cm³/mol. The van der Waals surface area contributed by atoms with Crippen molar-refractivity contribution in [1.29, 1.82) is 0 Å². The number of nitrogens with two attached hydrogens (primary N) is 1. The second-order valence-corrected chi connectivity index (χ2v) is 6.39. The van der Waals surface area contributed by atoms with Crippen LogP contribution in [-0.2, 0) is 10.0 Å². The monoisotopic (exact) mass is 274 g/mol. The number of halogens is 1. The molecule has 0 spiro atoms. The quantitative estimate of drug-likeness (QED) is 0.768. The van der Waals surface area contributed by atoms with Crippen LogP contribution >= 0.6 is 0 Å². The molecule has 100 valence electrons. The van der Waals surface area contributed by atoms with Gasteiger partial charge in [0.1, 0.15) is 5.82 Å². The average molecular weight is 274 g/mol. The van der Waals surface area contributed by atoms with Crippen molar-refractivity contribution in [1.82, 2.24) is 4.31 Å². The minimum absolute atomic E-state index is 0.0343. The summed E-state index contributed by atoms with van der Waals surface area (Å²) in [5.74, 6) is -0.601. The number of aliphatic hydroxyl groups excluding tert-OH is 1. The first-order chi connectivity index (χ1) is 8.32. The number of sulfonamides is 1. The number of hydrogen-bond donors (Lipinski definition) is 2. The van der Waals surface area contributed by atoms with Crippen LogP contribution < -0.4 is 5.73 Å². The Bertz CT molecular complexity index is 551. The number of nitrogen functional groups attached to an aromatic ring is 1. The van der Waals surface area contributed by atoms with Gasteiger partial charge >= 0.3 is 0 Å². The second kappa shape index (κ2) is 4.49. The van der Waals surface area contributed by atoms with E-state index in [1.165, 1.54) is 17.3 Å². The average Bonchev–Trinajstić information content (AvgIpc) is 2.72. The highest BCUT2D eigenvalue weighted by atomic mass is 32.2. The van der Waals surface area contributed by atoms with Crippen molar-refractivity contribution in [2.75, 3.05) is 18.8 Å². The van der Waals surface area contributed by atoms with Crippen molar-refractivity contribution in [2.45, 2.75) is 24.3 Å². The predicted octanol–water partition coefficient (Wildman–Crippen LogP) is 0.472. The Hall–Kier alpha value is -1.18. The van der Waals surface area contributed by atoms with Crippen molar-refractivity contribution in [2.24, 2.45) is 0 Å². The van der Waals surface area contributed by atoms with Gasteiger partial charge in [0.2, 0.25) is 10.0 Å². The fourth-order valence-corrected chi connectivity index (χ4v) is 3.60. The zero-order chi connectivity index (χ0) is 13.5. The molecule has 1 fully saturated rings. The molecule has 0 radical (unpaired) electrons. The van der Waals surface area contributed by atoms with Gasteiger partial charge in [0.25, 0.3) is 0 Å². The molecule has 0 unspecified atom stereocenters. The molecule has 0 saturated carbocycles. The molecule has 0 aliphatic carbocycles. The second-order valence-electron chi connectivity index (χ2n) is 4.45. The van der Waals surface area contributed by atoms with E-state index in [1.54, 1.807) is 0 Å². The third-order valence-electron chi connectivity index (χ3n) is 3.02. The number of aliphatic hydroxyl groups is 1. The van der Waals surface area contributed by atoms with Crippen LogP contribution in [0.3, 0.4) is 0 Å². The standard InChI is InChI=1S/C11H15FN2O3S/c1-7-4-9(5-10(13)11(7)12)18(16,17)14-3-2-8(15)6-14/h4-5,8,15H,2-3,6,13H2,1H3/t8-/m0/s1. The normalized spacial score (nSPS) is 21.4. The van der Waals surface area contributed by atoms with Crippen molar-refractivity contribution in [3.63, 3.8) is 0 Å². The third-order valence-corrected chi connectivity index (χ3v) is 4.86. The Kier molecular flexibility index (Phi) is 3.31. The lowest BCUT2D eigenvalue weighted by Gasteiger charge is -2.16. The maximum absolute atomic E-state index is 13.4. The van der Waals surface area contributed by atoms with Gasteiger partial charge in [0.05, 0.1) is 16.7 Å². The first-order valence-electron chi connectivity index (χ1n) is 5.56. The molecule has 3 N–H and O–H groups in total. The van der Waals surface area contributed by atoms with E-state index in [9.17, 15) is 17.9 Å². The maximum atomic E-state index is 13.4. The van der Waals surface area contributed by atoms with Crippen LogP contribution in [0.15, 0.2) is 17.0 Å². The molecule has 0 bridgehead atoms. The summed E-state index contributed by atoms with van der Waals surface area (Å²) in [6, 6.07) is 2.37. The molecule has 5 nitrogen and oxygen atoms in total. The minimum Gasteiger partial charge on any atom is -0.396 e. The lowest BCUT2D eigenvalue weighted by Crippen LogP contribution is -2.29. The van der Waals surface area contributed by atoms with E-state index in [-0.39, 0.29) is 29.2 Å². The molecule has 1 aliphatic rings. The summed E-state index contributed by atoms with van der Waals surface area (Å²) >= 11 is 0. The molecule has 1 saturated heterocycles. The molecular formula is C11H15FN2O3S. The van der Waals surface area contributed by atoms with Gasteiger partial charge in [-0.25, -0.2) is 12.8 Å². The summed E-state index contributed by atoms with van der Waals surface area (Å²) in [4.78, 5) is -0.0343. The van der Waals surface area contributed by atoms with E-state index in [1.807, 2.05) is 0 Å². The van der Waals surface area contributed by atoms with E-state index >= 15 is 0 Å². The van der Waals surface area contributed by atoms with Crippen molar-refractivity contribution >= 4 is 15.7 Å². The lowest BCUT2D eigenvalue weighted by molar-refractivity contribution is 0.189. The van der Waals surface area contributed by atoms with Crippen molar-refractivity contribution in [3.05, 3.63) is 23.5 Å².